The molecule has 5 aromatic rings. The number of halogens is 4. The summed E-state index contributed by atoms with van der Waals surface area (Å²) in [5.74, 6) is -3.02. The highest BCUT2D eigenvalue weighted by Crippen LogP contribution is 2.38. The summed E-state index contributed by atoms with van der Waals surface area (Å²) >= 11 is 1.55. The predicted octanol–water partition coefficient (Wildman–Crippen LogP) is 6.33. The van der Waals surface area contributed by atoms with E-state index < -0.39 is 70.0 Å². The number of anilines is 3. The number of aliphatic hydroxyl groups excluding tert-OH is 1. The van der Waals surface area contributed by atoms with Crippen molar-refractivity contribution in [2.75, 3.05) is 74.5 Å². The number of carbonyl (C=O) groups is 6. The molecule has 6 N–H and O–H groups in total. The number of H-pyrrole nitrogens is 1. The van der Waals surface area contributed by atoms with Crippen LogP contribution in [-0.2, 0) is 36.7 Å². The van der Waals surface area contributed by atoms with Gasteiger partial charge in [0.2, 0.25) is 35.1 Å². The van der Waals surface area contributed by atoms with Gasteiger partial charge in [0.25, 0.3) is 5.91 Å². The summed E-state index contributed by atoms with van der Waals surface area (Å²) in [4.78, 5) is 113. The monoisotopic (exact) mass is 1200 g/mol. The highest BCUT2D eigenvalue weighted by atomic mass is 32.1. The zero-order valence-corrected chi connectivity index (χ0v) is 49.6. The number of alkyl halides is 3. The maximum atomic E-state index is 16.2. The first-order valence-corrected chi connectivity index (χ1v) is 29.4. The van der Waals surface area contributed by atoms with E-state index in [9.17, 15) is 51.8 Å². The number of aliphatic hydroxyl groups is 1. The van der Waals surface area contributed by atoms with Gasteiger partial charge in [-0.15, -0.1) is 11.3 Å². The predicted molar refractivity (Wildman–Crippen MR) is 315 cm³/mol. The topological polar surface area (TPSA) is 246 Å². The van der Waals surface area contributed by atoms with Crippen molar-refractivity contribution in [2.45, 2.75) is 123 Å². The lowest BCUT2D eigenvalue weighted by Gasteiger charge is -2.44. The molecule has 0 radical (unpaired) electrons. The van der Waals surface area contributed by atoms with E-state index in [0.717, 1.165) is 21.7 Å². The van der Waals surface area contributed by atoms with Crippen LogP contribution in [0.25, 0.3) is 21.6 Å². The van der Waals surface area contributed by atoms with Crippen LogP contribution in [0.5, 0.6) is 0 Å². The number of unbranched alkanes of at least 4 members (excludes halogenated alkanes) is 1. The van der Waals surface area contributed by atoms with Gasteiger partial charge in [-0.25, -0.2) is 14.4 Å². The van der Waals surface area contributed by atoms with Crippen molar-refractivity contribution >= 4 is 64.0 Å². The number of hydrogen-bond acceptors (Lipinski definition) is 14. The highest BCUT2D eigenvalue weighted by Gasteiger charge is 2.45. The number of β-amino-alcohol motifs (C(OH)–C–C–N with tert-alkyl or cyclic N) is 1. The lowest BCUT2D eigenvalue weighted by molar-refractivity contribution is -0.144. The second-order valence-corrected chi connectivity index (χ2v) is 24.1. The van der Waals surface area contributed by atoms with E-state index in [-0.39, 0.29) is 92.1 Å². The van der Waals surface area contributed by atoms with Crippen molar-refractivity contribution in [3.05, 3.63) is 111 Å². The van der Waals surface area contributed by atoms with E-state index >= 15 is 4.39 Å². The van der Waals surface area contributed by atoms with Crippen molar-refractivity contribution in [3.8, 4) is 21.6 Å². The number of nitrogens with one attached hydrogen (secondary N) is 5. The number of aryl methyl sites for hydroxylation is 1. The van der Waals surface area contributed by atoms with Crippen molar-refractivity contribution < 1.29 is 51.4 Å². The molecule has 0 saturated carbocycles. The smallest absolute Gasteiger partial charge is 0.391 e. The molecule has 25 heteroatoms. The molecule has 85 heavy (non-hydrogen) atoms. The average molecular weight is 1200 g/mol. The Bertz CT molecular complexity index is 3280. The Morgan fingerprint density at radius 1 is 0.835 bits per heavy atom. The number of aromatic nitrogens is 3. The number of nitrogens with zero attached hydrogens (tertiary/aromatic N) is 7. The van der Waals surface area contributed by atoms with Crippen LogP contribution in [-0.4, -0.2) is 160 Å². The van der Waals surface area contributed by atoms with E-state index in [0.29, 0.717) is 75.8 Å². The molecule has 6 amide bonds. The van der Waals surface area contributed by atoms with Gasteiger partial charge < -0.3 is 51.0 Å². The fourth-order valence-corrected chi connectivity index (χ4v) is 11.7. The maximum absolute atomic E-state index is 16.2. The third kappa shape index (κ3) is 15.8. The van der Waals surface area contributed by atoms with Crippen LogP contribution in [0, 0.1) is 18.2 Å². The maximum Gasteiger partial charge on any atom is 0.417 e. The molecular formula is C60H74F4N12O8S. The molecule has 6 heterocycles. The number of piperazine rings is 2. The number of carbonyl (C=O) groups excluding carboxylic acids is 6. The Morgan fingerprint density at radius 2 is 1.53 bits per heavy atom. The van der Waals surface area contributed by atoms with Crippen molar-refractivity contribution in [1.82, 2.24) is 45.6 Å². The number of likely N-dealkylation sites (N-methyl/N-ethyl adjacent to an activating group) is 1. The van der Waals surface area contributed by atoms with Gasteiger partial charge in [-0.2, -0.15) is 13.2 Å². The first kappa shape index (κ1) is 63.3. The van der Waals surface area contributed by atoms with E-state index in [4.69, 9.17) is 0 Å². The normalized spacial score (nSPS) is 18.9. The van der Waals surface area contributed by atoms with Crippen LogP contribution in [0.4, 0.5) is 34.8 Å². The molecule has 20 nitrogen and oxygen atoms in total. The van der Waals surface area contributed by atoms with Gasteiger partial charge in [-0.1, -0.05) is 45.0 Å². The number of benzene rings is 2. The fourth-order valence-electron chi connectivity index (χ4n) is 10.9. The van der Waals surface area contributed by atoms with Crippen LogP contribution < -0.4 is 36.6 Å². The standard InChI is InChI=1S/C60H74F4N12O8S/c1-35-31-75(32-36(2)72(35)7)47-27-45(61)42(25-46(47)70-56(82)43-30-67-52(80)26-44(43)60(62,63)64)40-15-16-49(66-29-40)73-20-22-74(23-21-73)53(81)18-17-50(78)65-19-9-8-10-51(79)71-55(59(4,5)6)58(84)76-33-41(77)24-48(76)57(83)68-28-38-11-13-39(14-12-38)54-37(3)69-34-85-54/h11-16,25-27,29-30,34-36,41,48,55,77H,8-10,17-24,28,31-33H2,1-7H3,(H,65,78)(H,67,80)(H,68,83)(H,70,82)(H,71,79)/t35-,36+,41-,48+,55-/m1/s1. The summed E-state index contributed by atoms with van der Waals surface area (Å²) in [6.07, 6.45) is -2.84. The van der Waals surface area contributed by atoms with Gasteiger partial charge >= 0.3 is 6.18 Å². The number of thiazole rings is 1. The summed E-state index contributed by atoms with van der Waals surface area (Å²) in [6.45, 7) is 14.2. The van der Waals surface area contributed by atoms with E-state index in [1.165, 1.54) is 23.2 Å². The molecule has 456 valence electrons. The molecule has 3 saturated heterocycles. The first-order valence-electron chi connectivity index (χ1n) is 28.5. The molecule has 8 rings (SSSR count). The van der Waals surface area contributed by atoms with Crippen LogP contribution in [0.15, 0.2) is 77.3 Å². The number of hydrogen-bond donors (Lipinski definition) is 6. The second kappa shape index (κ2) is 27.1. The molecule has 0 spiro atoms. The molecule has 0 aliphatic carbocycles. The fraction of sp³-hybridized carbons (Fsp3) is 0.483. The van der Waals surface area contributed by atoms with Gasteiger partial charge in [0, 0.05) is 126 Å². The number of aromatic amines is 1. The molecule has 3 aliphatic rings. The summed E-state index contributed by atoms with van der Waals surface area (Å²) in [5, 5.41) is 21.8. The third-order valence-corrected chi connectivity index (χ3v) is 16.9. The Labute approximate surface area is 494 Å². The summed E-state index contributed by atoms with van der Waals surface area (Å²) in [5.41, 5.74) is 1.32. The summed E-state index contributed by atoms with van der Waals surface area (Å²) in [7, 11) is 1.96. The molecule has 3 aliphatic heterocycles. The molecular weight excluding hydrogens is 1120 g/mol. The van der Waals surface area contributed by atoms with Gasteiger partial charge in [0.1, 0.15) is 23.7 Å². The van der Waals surface area contributed by atoms with E-state index in [1.54, 1.807) is 33.9 Å². The minimum atomic E-state index is -5.01. The zero-order chi connectivity index (χ0) is 61.5. The van der Waals surface area contributed by atoms with Gasteiger partial charge in [-0.05, 0) is 81.5 Å². The van der Waals surface area contributed by atoms with E-state index in [2.05, 4.69) is 41.1 Å². The van der Waals surface area contributed by atoms with Crippen LogP contribution in [0.2, 0.25) is 0 Å². The number of rotatable bonds is 19. The molecule has 3 aromatic heterocycles. The Morgan fingerprint density at radius 3 is 2.16 bits per heavy atom. The van der Waals surface area contributed by atoms with E-state index in [1.807, 2.05) is 82.7 Å². The molecule has 3 fully saturated rings. The highest BCUT2D eigenvalue weighted by molar-refractivity contribution is 7.13. The molecule has 0 bridgehead atoms. The number of pyridine rings is 2. The Kier molecular flexibility index (Phi) is 20.1. The molecule has 0 unspecified atom stereocenters. The summed E-state index contributed by atoms with van der Waals surface area (Å²) < 4.78 is 58.2. The number of likely N-dealkylation sites (tertiary alicyclic amines) is 1. The molecule has 2 aromatic carbocycles. The first-order chi connectivity index (χ1) is 40.2. The largest absolute Gasteiger partial charge is 0.417 e. The zero-order valence-electron chi connectivity index (χ0n) is 48.8. The Balaban J connectivity index is 0.771. The molecule has 5 atom stereocenters. The van der Waals surface area contributed by atoms with Gasteiger partial charge in [-0.3, -0.25) is 38.5 Å². The minimum absolute atomic E-state index is 0.0178. The second-order valence-electron chi connectivity index (χ2n) is 23.2. The van der Waals surface area contributed by atoms with Crippen LogP contribution in [0.1, 0.15) is 100 Å². The lowest BCUT2D eigenvalue weighted by Crippen LogP contribution is -2.57. The van der Waals surface area contributed by atoms with Crippen molar-refractivity contribution in [3.63, 3.8) is 0 Å². The van der Waals surface area contributed by atoms with Gasteiger partial charge in [0.05, 0.1) is 44.7 Å². The van der Waals surface area contributed by atoms with Crippen LogP contribution >= 0.6 is 11.3 Å². The number of amides is 6. The summed E-state index contributed by atoms with van der Waals surface area (Å²) in [6, 6.07) is 12.2. The van der Waals surface area contributed by atoms with Crippen molar-refractivity contribution in [1.29, 1.82) is 0 Å². The van der Waals surface area contributed by atoms with Crippen LogP contribution in [0.3, 0.4) is 0 Å². The quantitative estimate of drug-likeness (QED) is 0.0392. The average Bonchev–Trinajstić information content (AvgIpc) is 4.18. The third-order valence-electron chi connectivity index (χ3n) is 16.0. The minimum Gasteiger partial charge on any atom is -0.391 e. The Hall–Kier alpha value is -7.77. The van der Waals surface area contributed by atoms with Gasteiger partial charge in [0.15, 0.2) is 0 Å². The lowest BCUT2D eigenvalue weighted by atomic mass is 9.85. The van der Waals surface area contributed by atoms with Crippen molar-refractivity contribution in [2.24, 2.45) is 5.41 Å². The SMILES string of the molecule is Cc1ncsc1-c1ccc(CNC(=O)[C@@H]2C[C@@H](O)CN2C(=O)[C@@H](NC(=O)CCCCNC(=O)CCC(=O)N2CCN(c3ccc(-c4cc(NC(=O)c5c[nH]c(=O)cc5C(F)(F)F)c(N5C[C@@H](C)N(C)[C@@H](C)C5)cc4F)cn3)CC2)C(C)(C)C)cc1.